The van der Waals surface area contributed by atoms with Gasteiger partial charge in [-0.1, -0.05) is 25.1 Å². The quantitative estimate of drug-likeness (QED) is 0.519. The van der Waals surface area contributed by atoms with Gasteiger partial charge in [0.15, 0.2) is 0 Å². The van der Waals surface area contributed by atoms with Crippen molar-refractivity contribution in [3.05, 3.63) is 30.3 Å². The fourth-order valence-electron chi connectivity index (χ4n) is 2.24. The number of anilines is 1. The van der Waals surface area contributed by atoms with E-state index < -0.39 is 8.56 Å². The highest BCUT2D eigenvalue weighted by atomic mass is 28.4. The number of rotatable bonds is 10. The topological polar surface area (TPSA) is 30.5 Å². The summed E-state index contributed by atoms with van der Waals surface area (Å²) in [5.74, 6) is 0. The molecule has 0 heterocycles. The smallest absolute Gasteiger partial charge is 0.337 e. The van der Waals surface area contributed by atoms with Crippen molar-refractivity contribution in [3.63, 3.8) is 0 Å². The molecule has 0 saturated heterocycles. The van der Waals surface area contributed by atoms with E-state index in [-0.39, 0.29) is 0 Å². The Morgan fingerprint density at radius 2 is 1.63 bits per heavy atom. The van der Waals surface area contributed by atoms with Gasteiger partial charge in [-0.2, -0.15) is 0 Å². The first kappa shape index (κ1) is 16.2. The predicted octanol–water partition coefficient (Wildman–Crippen LogP) is 4.02. The van der Waals surface area contributed by atoms with E-state index in [1.165, 1.54) is 5.69 Å². The van der Waals surface area contributed by atoms with Crippen molar-refractivity contribution in [1.82, 2.24) is 0 Å². The lowest BCUT2D eigenvalue weighted by molar-refractivity contribution is 0.183. The summed E-state index contributed by atoms with van der Waals surface area (Å²) < 4.78 is 11.9. The van der Waals surface area contributed by atoms with Gasteiger partial charge in [0, 0.05) is 25.4 Å². The molecule has 1 rings (SSSR count). The Bertz CT molecular complexity index is 326. The molecule has 4 heteroatoms. The van der Waals surface area contributed by atoms with Crippen molar-refractivity contribution < 1.29 is 8.85 Å². The highest BCUT2D eigenvalue weighted by molar-refractivity contribution is 6.67. The zero-order valence-electron chi connectivity index (χ0n) is 12.4. The van der Waals surface area contributed by atoms with Gasteiger partial charge >= 0.3 is 8.56 Å². The molecule has 0 amide bonds. The molecule has 0 aliphatic carbocycles. The van der Waals surface area contributed by atoms with Crippen molar-refractivity contribution in [1.29, 1.82) is 0 Å². The fraction of sp³-hybridized carbons (Fsp3) is 0.600. The minimum Gasteiger partial charge on any atom is -0.394 e. The molecule has 0 unspecified atom stereocenters. The second-order valence-corrected chi connectivity index (χ2v) is 8.13. The van der Waals surface area contributed by atoms with Crippen LogP contribution in [0.15, 0.2) is 30.3 Å². The van der Waals surface area contributed by atoms with Crippen LogP contribution in [-0.2, 0) is 8.85 Å². The van der Waals surface area contributed by atoms with E-state index in [2.05, 4.69) is 38.2 Å². The summed E-state index contributed by atoms with van der Waals surface area (Å²) in [5, 5.41) is 3.44. The third kappa shape index (κ3) is 5.76. The van der Waals surface area contributed by atoms with Crippen molar-refractivity contribution in [2.75, 3.05) is 25.1 Å². The highest BCUT2D eigenvalue weighted by Crippen LogP contribution is 2.21. The number of para-hydroxylation sites is 1. The molecular weight excluding hydrogens is 254 g/mol. The van der Waals surface area contributed by atoms with Crippen LogP contribution in [0.1, 0.15) is 27.2 Å². The van der Waals surface area contributed by atoms with Crippen LogP contribution in [0.2, 0.25) is 12.1 Å². The van der Waals surface area contributed by atoms with Crippen LogP contribution in [0.4, 0.5) is 5.69 Å². The van der Waals surface area contributed by atoms with Gasteiger partial charge in [-0.25, -0.2) is 0 Å². The molecule has 3 nitrogen and oxygen atoms in total. The van der Waals surface area contributed by atoms with Gasteiger partial charge in [0.2, 0.25) is 0 Å². The van der Waals surface area contributed by atoms with Crippen LogP contribution in [0, 0.1) is 0 Å². The molecule has 1 aromatic rings. The Hall–Kier alpha value is -0.843. The number of hydrogen-bond acceptors (Lipinski definition) is 3. The van der Waals surface area contributed by atoms with Gasteiger partial charge in [-0.3, -0.25) is 0 Å². The van der Waals surface area contributed by atoms with E-state index in [0.717, 1.165) is 38.3 Å². The molecule has 0 aromatic heterocycles. The molecule has 0 aliphatic heterocycles. The standard InChI is InChI=1S/C15H27NO2Si/c1-4-17-19(6-3,18-5-2)14-10-13-16-15-11-8-7-9-12-15/h7-9,11-12,16H,4-6,10,13-14H2,1-3H3. The molecule has 0 fully saturated rings. The molecule has 1 N–H and O–H groups in total. The molecule has 0 aliphatic rings. The van der Waals surface area contributed by atoms with Gasteiger partial charge in [0.1, 0.15) is 0 Å². The lowest BCUT2D eigenvalue weighted by Crippen LogP contribution is -2.41. The summed E-state index contributed by atoms with van der Waals surface area (Å²) in [6.07, 6.45) is 1.09. The maximum Gasteiger partial charge on any atom is 0.337 e. The third-order valence-electron chi connectivity index (χ3n) is 3.19. The average molecular weight is 281 g/mol. The lowest BCUT2D eigenvalue weighted by Gasteiger charge is -2.29. The van der Waals surface area contributed by atoms with Crippen LogP contribution in [0.3, 0.4) is 0 Å². The lowest BCUT2D eigenvalue weighted by atomic mass is 10.3. The molecule has 0 saturated carbocycles. The Balaban J connectivity index is 2.35. The summed E-state index contributed by atoms with van der Waals surface area (Å²) in [5.41, 5.74) is 1.18. The summed E-state index contributed by atoms with van der Waals surface area (Å²) in [7, 11) is -1.95. The minimum absolute atomic E-state index is 0.756. The third-order valence-corrected chi connectivity index (χ3v) is 7.01. The molecule has 0 bridgehead atoms. The molecule has 0 spiro atoms. The zero-order valence-corrected chi connectivity index (χ0v) is 13.4. The van der Waals surface area contributed by atoms with Crippen molar-refractivity contribution in [2.45, 2.75) is 39.3 Å². The monoisotopic (exact) mass is 281 g/mol. The minimum atomic E-state index is -1.95. The largest absolute Gasteiger partial charge is 0.394 e. The molecule has 108 valence electrons. The van der Waals surface area contributed by atoms with Gasteiger partial charge in [-0.05, 0) is 44.5 Å². The van der Waals surface area contributed by atoms with Crippen molar-refractivity contribution in [3.8, 4) is 0 Å². The maximum absolute atomic E-state index is 5.96. The van der Waals surface area contributed by atoms with E-state index in [0.29, 0.717) is 0 Å². The van der Waals surface area contributed by atoms with Gasteiger partial charge in [0.25, 0.3) is 0 Å². The Morgan fingerprint density at radius 1 is 1.00 bits per heavy atom. The fourth-order valence-corrected chi connectivity index (χ4v) is 5.14. The summed E-state index contributed by atoms with van der Waals surface area (Å²) in [4.78, 5) is 0. The Morgan fingerprint density at radius 3 is 2.16 bits per heavy atom. The summed E-state index contributed by atoms with van der Waals surface area (Å²) in [6, 6.07) is 12.4. The SMILES string of the molecule is CCO[Si](CC)(CCCNc1ccccc1)OCC. The van der Waals surface area contributed by atoms with E-state index in [1.807, 2.05) is 18.2 Å². The van der Waals surface area contributed by atoms with Gasteiger partial charge in [-0.15, -0.1) is 0 Å². The van der Waals surface area contributed by atoms with Crippen molar-refractivity contribution in [2.24, 2.45) is 0 Å². The van der Waals surface area contributed by atoms with Crippen molar-refractivity contribution >= 4 is 14.2 Å². The van der Waals surface area contributed by atoms with Crippen LogP contribution in [0.25, 0.3) is 0 Å². The van der Waals surface area contributed by atoms with Crippen LogP contribution in [-0.4, -0.2) is 28.3 Å². The Kier molecular flexibility index (Phi) is 7.78. The molecule has 19 heavy (non-hydrogen) atoms. The maximum atomic E-state index is 5.96. The van der Waals surface area contributed by atoms with E-state index in [1.54, 1.807) is 0 Å². The predicted molar refractivity (Wildman–Crippen MR) is 83.8 cm³/mol. The summed E-state index contributed by atoms with van der Waals surface area (Å²) in [6.45, 7) is 8.77. The average Bonchev–Trinajstić information content (AvgIpc) is 2.45. The molecule has 1 aromatic carbocycles. The first-order valence-corrected chi connectivity index (χ1v) is 9.56. The second-order valence-electron chi connectivity index (χ2n) is 4.53. The number of hydrogen-bond donors (Lipinski definition) is 1. The van der Waals surface area contributed by atoms with Crippen LogP contribution < -0.4 is 5.32 Å². The first-order valence-electron chi connectivity index (χ1n) is 7.33. The molecular formula is C15H27NO2Si. The van der Waals surface area contributed by atoms with Gasteiger partial charge < -0.3 is 14.2 Å². The van der Waals surface area contributed by atoms with Crippen LogP contribution in [0.5, 0.6) is 0 Å². The second kappa shape index (κ2) is 9.12. The zero-order chi connectivity index (χ0) is 14.0. The van der Waals surface area contributed by atoms with E-state index in [9.17, 15) is 0 Å². The number of nitrogens with one attached hydrogen (secondary N) is 1. The highest BCUT2D eigenvalue weighted by Gasteiger charge is 2.34. The van der Waals surface area contributed by atoms with Crippen LogP contribution >= 0.6 is 0 Å². The molecule has 0 radical (unpaired) electrons. The molecule has 0 atom stereocenters. The van der Waals surface area contributed by atoms with Gasteiger partial charge in [0.05, 0.1) is 0 Å². The number of benzene rings is 1. The Labute approximate surface area is 118 Å². The van der Waals surface area contributed by atoms with E-state index in [4.69, 9.17) is 8.85 Å². The summed E-state index contributed by atoms with van der Waals surface area (Å²) >= 11 is 0. The van der Waals surface area contributed by atoms with E-state index >= 15 is 0 Å². The first-order chi connectivity index (χ1) is 9.26. The normalized spacial score (nSPS) is 11.5.